The second-order valence-electron chi connectivity index (χ2n) is 6.41. The zero-order valence-electron chi connectivity index (χ0n) is 15.9. The van der Waals surface area contributed by atoms with Gasteiger partial charge in [-0.1, -0.05) is 0 Å². The average molecular weight is 418 g/mol. The molecule has 29 heavy (non-hydrogen) atoms. The molecule has 0 aliphatic rings. The van der Waals surface area contributed by atoms with Crippen LogP contribution in [0, 0.1) is 0 Å². The van der Waals surface area contributed by atoms with E-state index < -0.39 is 10.0 Å². The normalized spacial score (nSPS) is 11.6. The quantitative estimate of drug-likeness (QED) is 0.390. The molecule has 0 fully saturated rings. The highest BCUT2D eigenvalue weighted by molar-refractivity contribution is 7.89. The lowest BCUT2D eigenvalue weighted by atomic mass is 10.3. The van der Waals surface area contributed by atoms with Crippen molar-refractivity contribution in [1.82, 2.24) is 29.9 Å². The van der Waals surface area contributed by atoms with Crippen LogP contribution in [0.5, 0.6) is 0 Å². The van der Waals surface area contributed by atoms with Gasteiger partial charge in [0, 0.05) is 18.8 Å². The molecule has 0 amide bonds. The highest BCUT2D eigenvalue weighted by atomic mass is 32.2. The van der Waals surface area contributed by atoms with E-state index >= 15 is 0 Å². The van der Waals surface area contributed by atoms with Crippen molar-refractivity contribution in [2.45, 2.75) is 4.90 Å². The van der Waals surface area contributed by atoms with Gasteiger partial charge in [-0.3, -0.25) is 0 Å². The summed E-state index contributed by atoms with van der Waals surface area (Å²) < 4.78 is 24.0. The minimum absolute atomic E-state index is 0.00982. The van der Waals surface area contributed by atoms with E-state index in [-0.39, 0.29) is 16.8 Å². The van der Waals surface area contributed by atoms with Crippen molar-refractivity contribution in [2.24, 2.45) is 5.14 Å². The number of benzene rings is 1. The molecule has 13 heteroatoms. The number of hydrogen-bond donors (Lipinski definition) is 4. The lowest BCUT2D eigenvalue weighted by molar-refractivity contribution is 0.425. The van der Waals surface area contributed by atoms with Crippen molar-refractivity contribution in [1.29, 1.82) is 0 Å². The fourth-order valence-corrected chi connectivity index (χ4v) is 2.86. The Bertz CT molecular complexity index is 1060. The largest absolute Gasteiger partial charge is 0.368 e. The summed E-state index contributed by atoms with van der Waals surface area (Å²) in [6.07, 6.45) is 0. The van der Waals surface area contributed by atoms with Gasteiger partial charge in [0.2, 0.25) is 21.9 Å². The Balaban J connectivity index is 1.70. The number of nitrogens with one attached hydrogen (secondary N) is 2. The molecule has 6 N–H and O–H groups in total. The van der Waals surface area contributed by atoms with Crippen molar-refractivity contribution in [3.8, 4) is 5.82 Å². The maximum atomic E-state index is 11.3. The van der Waals surface area contributed by atoms with Gasteiger partial charge in [-0.15, -0.1) is 15.3 Å². The second-order valence-corrected chi connectivity index (χ2v) is 7.97. The Morgan fingerprint density at radius 1 is 1.10 bits per heavy atom. The monoisotopic (exact) mass is 418 g/mol. The summed E-state index contributed by atoms with van der Waals surface area (Å²) in [5.74, 6) is 1.39. The van der Waals surface area contributed by atoms with Gasteiger partial charge in [-0.25, -0.2) is 13.6 Å². The van der Waals surface area contributed by atoms with E-state index in [1.54, 1.807) is 24.3 Å². The number of aromatic nitrogens is 5. The molecule has 0 bridgehead atoms. The summed E-state index contributed by atoms with van der Waals surface area (Å²) in [7, 11) is 0.229. The highest BCUT2D eigenvalue weighted by Crippen LogP contribution is 2.18. The molecule has 2 aromatic heterocycles. The highest BCUT2D eigenvalue weighted by Gasteiger charge is 2.12. The standard InChI is InChI=1S/C16H22N10O2S/c1-25(2)10-9-19-13-7-8-14(23-22-13)26-15(17)21-16(24-26)20-11-3-5-12(6-4-11)29(18,27)28/h3-8H,9-10H2,1-2H3,(H,19,22)(H2,18,27,28)(H3,17,20,21,24). The third kappa shape index (κ3) is 5.37. The van der Waals surface area contributed by atoms with Crippen LogP contribution in [0.2, 0.25) is 0 Å². The summed E-state index contributed by atoms with van der Waals surface area (Å²) in [5.41, 5.74) is 6.49. The summed E-state index contributed by atoms with van der Waals surface area (Å²) in [5, 5.41) is 23.7. The lowest BCUT2D eigenvalue weighted by Crippen LogP contribution is -2.21. The number of rotatable bonds is 8. The van der Waals surface area contributed by atoms with Gasteiger partial charge in [0.05, 0.1) is 4.90 Å². The number of nitrogen functional groups attached to an aromatic ring is 1. The number of nitrogens with zero attached hydrogens (tertiary/aromatic N) is 6. The Labute approximate surface area is 168 Å². The predicted molar refractivity (Wildman–Crippen MR) is 110 cm³/mol. The van der Waals surface area contributed by atoms with E-state index in [9.17, 15) is 8.42 Å². The summed E-state index contributed by atoms with van der Waals surface area (Å²) in [6, 6.07) is 9.35. The fourth-order valence-electron chi connectivity index (χ4n) is 2.34. The van der Waals surface area contributed by atoms with E-state index in [4.69, 9.17) is 10.9 Å². The Kier molecular flexibility index (Phi) is 5.91. The molecule has 0 radical (unpaired) electrons. The molecule has 3 aromatic rings. The van der Waals surface area contributed by atoms with Gasteiger partial charge in [-0.2, -0.15) is 9.67 Å². The Morgan fingerprint density at radius 2 is 1.83 bits per heavy atom. The maximum absolute atomic E-state index is 11.3. The number of sulfonamides is 1. The molecule has 0 unspecified atom stereocenters. The topological polar surface area (TPSA) is 170 Å². The van der Waals surface area contributed by atoms with Crippen molar-refractivity contribution in [3.05, 3.63) is 36.4 Å². The van der Waals surface area contributed by atoms with Gasteiger partial charge in [0.25, 0.3) is 0 Å². The van der Waals surface area contributed by atoms with Gasteiger partial charge in [-0.05, 0) is 50.5 Å². The molecular weight excluding hydrogens is 396 g/mol. The molecule has 1 aromatic carbocycles. The number of hydrogen-bond acceptors (Lipinski definition) is 10. The second kappa shape index (κ2) is 8.38. The third-order valence-corrected chi connectivity index (χ3v) is 4.73. The summed E-state index contributed by atoms with van der Waals surface area (Å²) in [4.78, 5) is 6.20. The van der Waals surface area contributed by atoms with Crippen LogP contribution in [-0.4, -0.2) is 65.5 Å². The molecule has 0 aliphatic heterocycles. The fraction of sp³-hybridized carbons (Fsp3) is 0.250. The minimum Gasteiger partial charge on any atom is -0.368 e. The molecular formula is C16H22N10O2S. The molecule has 12 nitrogen and oxygen atoms in total. The SMILES string of the molecule is CN(C)CCNc1ccc(-n2nc(Nc3ccc(S(N)(=O)=O)cc3)nc2N)nn1. The van der Waals surface area contributed by atoms with Crippen molar-refractivity contribution in [2.75, 3.05) is 43.6 Å². The van der Waals surface area contributed by atoms with Crippen molar-refractivity contribution >= 4 is 33.4 Å². The predicted octanol–water partition coefficient (Wildman–Crippen LogP) is 0.00400. The molecule has 0 saturated heterocycles. The van der Waals surface area contributed by atoms with Crippen LogP contribution >= 0.6 is 0 Å². The Hall–Kier alpha value is -3.29. The van der Waals surface area contributed by atoms with Gasteiger partial charge >= 0.3 is 0 Å². The number of primary sulfonamides is 1. The maximum Gasteiger partial charge on any atom is 0.248 e. The number of nitrogens with two attached hydrogens (primary N) is 2. The van der Waals surface area contributed by atoms with Crippen LogP contribution in [0.3, 0.4) is 0 Å². The number of anilines is 4. The summed E-state index contributed by atoms with van der Waals surface area (Å²) in [6.45, 7) is 1.61. The van der Waals surface area contributed by atoms with E-state index in [1.165, 1.54) is 16.8 Å². The molecule has 2 heterocycles. The van der Waals surface area contributed by atoms with Gasteiger partial charge < -0.3 is 21.3 Å². The van der Waals surface area contributed by atoms with Crippen LogP contribution in [0.4, 0.5) is 23.4 Å². The first-order valence-electron chi connectivity index (χ1n) is 8.57. The zero-order valence-corrected chi connectivity index (χ0v) is 16.8. The van der Waals surface area contributed by atoms with E-state index in [0.29, 0.717) is 17.3 Å². The van der Waals surface area contributed by atoms with E-state index in [2.05, 4.69) is 35.8 Å². The lowest BCUT2D eigenvalue weighted by Gasteiger charge is -2.10. The van der Waals surface area contributed by atoms with Gasteiger partial charge in [0.15, 0.2) is 5.82 Å². The molecule has 0 saturated carbocycles. The van der Waals surface area contributed by atoms with Crippen LogP contribution in [0.1, 0.15) is 0 Å². The number of likely N-dealkylation sites (N-methyl/N-ethyl adjacent to an activating group) is 1. The van der Waals surface area contributed by atoms with E-state index in [1.807, 2.05) is 14.1 Å². The average Bonchev–Trinajstić information content (AvgIpc) is 3.02. The van der Waals surface area contributed by atoms with Crippen molar-refractivity contribution in [3.63, 3.8) is 0 Å². The van der Waals surface area contributed by atoms with Crippen molar-refractivity contribution < 1.29 is 8.42 Å². The van der Waals surface area contributed by atoms with Gasteiger partial charge in [0.1, 0.15) is 5.82 Å². The van der Waals surface area contributed by atoms with E-state index in [0.717, 1.165) is 13.1 Å². The van der Waals surface area contributed by atoms with Crippen LogP contribution in [0.15, 0.2) is 41.3 Å². The molecule has 0 atom stereocenters. The molecule has 154 valence electrons. The first kappa shape index (κ1) is 20.4. The molecule has 0 spiro atoms. The molecule has 3 rings (SSSR count). The first-order chi connectivity index (χ1) is 13.7. The molecule has 0 aliphatic carbocycles. The first-order valence-corrected chi connectivity index (χ1v) is 10.1. The third-order valence-electron chi connectivity index (χ3n) is 3.80. The van der Waals surface area contributed by atoms with Crippen LogP contribution in [-0.2, 0) is 10.0 Å². The Morgan fingerprint density at radius 3 is 2.41 bits per heavy atom. The minimum atomic E-state index is -3.75. The zero-order chi connectivity index (χ0) is 21.0. The smallest absolute Gasteiger partial charge is 0.248 e. The van der Waals surface area contributed by atoms with Crippen LogP contribution in [0.25, 0.3) is 5.82 Å². The summed E-state index contributed by atoms with van der Waals surface area (Å²) >= 11 is 0. The van der Waals surface area contributed by atoms with Crippen LogP contribution < -0.4 is 21.5 Å².